The molecule has 1 N–H and O–H groups in total. The van der Waals surface area contributed by atoms with Gasteiger partial charge in [0, 0.05) is 31.4 Å². The maximum absolute atomic E-state index is 13.4. The number of nitrogens with zero attached hydrogens (tertiary/aromatic N) is 4. The molecule has 1 saturated heterocycles. The van der Waals surface area contributed by atoms with Gasteiger partial charge in [-0.15, -0.1) is 0 Å². The molecule has 2 aromatic carbocycles. The van der Waals surface area contributed by atoms with Crippen molar-refractivity contribution in [1.82, 2.24) is 19.0 Å². The first kappa shape index (κ1) is 23.4. The van der Waals surface area contributed by atoms with Gasteiger partial charge in [0.15, 0.2) is 0 Å². The number of hydrogen-bond acceptors (Lipinski definition) is 7. The first-order valence-corrected chi connectivity index (χ1v) is 12.3. The molecule has 9 nitrogen and oxygen atoms in total. The molecule has 1 atom stereocenters. The molecule has 184 valence electrons. The highest BCUT2D eigenvalue weighted by Gasteiger charge is 2.40. The van der Waals surface area contributed by atoms with E-state index in [2.05, 4.69) is 9.84 Å². The number of aromatic nitrogens is 2. The number of aliphatic hydroxyl groups is 1. The second kappa shape index (κ2) is 9.02. The Morgan fingerprint density at radius 1 is 1.06 bits per heavy atom. The van der Waals surface area contributed by atoms with Gasteiger partial charge in [0.25, 0.3) is 10.0 Å². The molecule has 0 unspecified atom stereocenters. The molecular formula is C23H22F2N4O5S. The quantitative estimate of drug-likeness (QED) is 0.525. The van der Waals surface area contributed by atoms with Crippen molar-refractivity contribution >= 4 is 15.9 Å². The summed E-state index contributed by atoms with van der Waals surface area (Å²) in [5, 5.41) is 13.9. The van der Waals surface area contributed by atoms with Crippen molar-refractivity contribution in [2.75, 3.05) is 13.1 Å². The Hall–Kier alpha value is -3.35. The van der Waals surface area contributed by atoms with Crippen molar-refractivity contribution in [3.05, 3.63) is 77.6 Å². The normalized spacial score (nSPS) is 17.3. The zero-order valence-corrected chi connectivity index (χ0v) is 19.2. The Labute approximate surface area is 200 Å². The molecule has 5 rings (SSSR count). The van der Waals surface area contributed by atoms with Gasteiger partial charge in [0.05, 0.1) is 23.2 Å². The lowest BCUT2D eigenvalue weighted by atomic mass is 9.99. The van der Waals surface area contributed by atoms with Crippen LogP contribution in [0.25, 0.3) is 0 Å². The van der Waals surface area contributed by atoms with Crippen molar-refractivity contribution in [1.29, 1.82) is 0 Å². The molecule has 3 aromatic rings. The fourth-order valence-electron chi connectivity index (χ4n) is 4.32. The van der Waals surface area contributed by atoms with Crippen LogP contribution in [0.5, 0.6) is 5.75 Å². The van der Waals surface area contributed by atoms with Gasteiger partial charge in [-0.05, 0) is 29.8 Å². The summed E-state index contributed by atoms with van der Waals surface area (Å²) in [6, 6.07) is 13.4. The van der Waals surface area contributed by atoms with E-state index in [0.717, 1.165) is 21.8 Å². The molecule has 1 aromatic heterocycles. The van der Waals surface area contributed by atoms with Crippen LogP contribution >= 0.6 is 0 Å². The molecule has 0 spiro atoms. The van der Waals surface area contributed by atoms with Crippen LogP contribution in [0.2, 0.25) is 0 Å². The Kier molecular flexibility index (Phi) is 6.03. The largest absolute Gasteiger partial charge is 0.435 e. The van der Waals surface area contributed by atoms with E-state index in [9.17, 15) is 27.1 Å². The van der Waals surface area contributed by atoms with Gasteiger partial charge in [0.1, 0.15) is 11.8 Å². The maximum Gasteiger partial charge on any atom is 0.387 e. The number of aliphatic hydroxyl groups excluding tert-OH is 1. The first-order chi connectivity index (χ1) is 16.7. The van der Waals surface area contributed by atoms with E-state index in [4.69, 9.17) is 0 Å². The lowest BCUT2D eigenvalue weighted by Crippen LogP contribution is -2.55. The third-order valence-electron chi connectivity index (χ3n) is 6.07. The van der Waals surface area contributed by atoms with E-state index in [0.29, 0.717) is 24.3 Å². The summed E-state index contributed by atoms with van der Waals surface area (Å²) in [6.45, 7) is -1.86. The van der Waals surface area contributed by atoms with Crippen molar-refractivity contribution in [2.45, 2.75) is 36.7 Å². The van der Waals surface area contributed by atoms with Crippen LogP contribution in [0, 0.1) is 0 Å². The van der Waals surface area contributed by atoms with E-state index < -0.39 is 28.8 Å². The molecular weight excluding hydrogens is 482 g/mol. The summed E-state index contributed by atoms with van der Waals surface area (Å²) in [7, 11) is -4.05. The Morgan fingerprint density at radius 3 is 2.34 bits per heavy atom. The van der Waals surface area contributed by atoms with Crippen molar-refractivity contribution in [3.63, 3.8) is 0 Å². The second-order valence-electron chi connectivity index (χ2n) is 8.44. The fraction of sp³-hybridized carbons (Fsp3) is 0.304. The molecule has 0 saturated carbocycles. The molecule has 1 amide bonds. The van der Waals surface area contributed by atoms with Crippen molar-refractivity contribution in [3.8, 4) is 5.75 Å². The third kappa shape index (κ3) is 4.51. The van der Waals surface area contributed by atoms with Gasteiger partial charge in [-0.1, -0.05) is 30.3 Å². The number of β-amino-alcohol motifs (C(OH)–C–C–N with tert-alkyl or cyclic N) is 1. The van der Waals surface area contributed by atoms with Gasteiger partial charge in [-0.25, -0.2) is 0 Å². The highest BCUT2D eigenvalue weighted by molar-refractivity contribution is 7.89. The highest BCUT2D eigenvalue weighted by atomic mass is 32.2. The molecule has 3 heterocycles. The standard InChI is InChI=1S/C23H22F2N4O5S/c24-23(25)34-18-6-8-19(9-7-18)35(32,33)29-11-16-10-28(14-20(16)26-29)22(31)21(27-12-17(30)13-27)15-4-2-1-3-5-15/h1-9,11,17,21,23,30H,10,12-14H2/t21-/m1/s1. The number of halogens is 2. The van der Waals surface area contributed by atoms with Gasteiger partial charge >= 0.3 is 6.61 Å². The minimum atomic E-state index is -4.05. The number of benzene rings is 2. The molecule has 2 aliphatic heterocycles. The summed E-state index contributed by atoms with van der Waals surface area (Å²) >= 11 is 0. The van der Waals surface area contributed by atoms with E-state index in [1.54, 1.807) is 4.90 Å². The SMILES string of the molecule is O=C([C@@H](c1ccccc1)N1CC(O)C1)N1Cc2cn(S(=O)(=O)c3ccc(OC(F)F)cc3)nc2C1. The highest BCUT2D eigenvalue weighted by Crippen LogP contribution is 2.32. The minimum Gasteiger partial charge on any atom is -0.435 e. The molecule has 1 fully saturated rings. The predicted octanol–water partition coefficient (Wildman–Crippen LogP) is 1.98. The summed E-state index contributed by atoms with van der Waals surface area (Å²) in [5.74, 6) is -0.302. The topological polar surface area (TPSA) is 105 Å². The van der Waals surface area contributed by atoms with Gasteiger partial charge in [-0.2, -0.15) is 26.4 Å². The van der Waals surface area contributed by atoms with Crippen LogP contribution in [-0.2, 0) is 27.9 Å². The van der Waals surface area contributed by atoms with E-state index in [1.807, 2.05) is 35.2 Å². The average Bonchev–Trinajstić information content (AvgIpc) is 3.39. The lowest BCUT2D eigenvalue weighted by Gasteiger charge is -2.42. The monoisotopic (exact) mass is 504 g/mol. The summed E-state index contributed by atoms with van der Waals surface area (Å²) in [4.78, 5) is 16.8. The molecule has 0 aliphatic carbocycles. The second-order valence-corrected chi connectivity index (χ2v) is 10.2. The number of likely N-dealkylation sites (tertiary alicyclic amines) is 1. The van der Waals surface area contributed by atoms with Crippen LogP contribution in [0.3, 0.4) is 0 Å². The number of rotatable bonds is 7. The number of ether oxygens (including phenoxy) is 1. The number of hydrogen-bond donors (Lipinski definition) is 1. The zero-order chi connectivity index (χ0) is 24.7. The average molecular weight is 505 g/mol. The van der Waals surface area contributed by atoms with Crippen LogP contribution in [0.1, 0.15) is 22.9 Å². The number of carbonyl (C=O) groups is 1. The molecule has 12 heteroatoms. The third-order valence-corrected chi connectivity index (χ3v) is 7.62. The van der Waals surface area contributed by atoms with Crippen LogP contribution in [0.15, 0.2) is 65.7 Å². The van der Waals surface area contributed by atoms with Crippen LogP contribution < -0.4 is 4.74 Å². The number of alkyl halides is 2. The van der Waals surface area contributed by atoms with E-state index >= 15 is 0 Å². The first-order valence-electron chi connectivity index (χ1n) is 10.9. The van der Waals surface area contributed by atoms with Crippen LogP contribution in [-0.4, -0.2) is 64.2 Å². The van der Waals surface area contributed by atoms with Gasteiger partial charge in [0.2, 0.25) is 5.91 Å². The molecule has 0 radical (unpaired) electrons. The Balaban J connectivity index is 1.33. The van der Waals surface area contributed by atoms with Crippen molar-refractivity contribution in [2.24, 2.45) is 0 Å². The number of carbonyl (C=O) groups excluding carboxylic acids is 1. The maximum atomic E-state index is 13.4. The predicted molar refractivity (Wildman–Crippen MR) is 119 cm³/mol. The number of fused-ring (bicyclic) bond motifs is 1. The fourth-order valence-corrected chi connectivity index (χ4v) is 5.49. The van der Waals surface area contributed by atoms with Crippen molar-refractivity contribution < 1.29 is 31.8 Å². The smallest absolute Gasteiger partial charge is 0.387 e. The van der Waals surface area contributed by atoms with Gasteiger partial charge in [-0.3, -0.25) is 9.69 Å². The van der Waals surface area contributed by atoms with E-state index in [-0.39, 0.29) is 29.6 Å². The molecule has 0 bridgehead atoms. The Bertz CT molecular complexity index is 1300. The summed E-state index contributed by atoms with van der Waals surface area (Å²) in [5.41, 5.74) is 1.89. The van der Waals surface area contributed by atoms with Gasteiger partial charge < -0.3 is 14.7 Å². The molecule has 35 heavy (non-hydrogen) atoms. The summed E-state index contributed by atoms with van der Waals surface area (Å²) < 4.78 is 55.7. The summed E-state index contributed by atoms with van der Waals surface area (Å²) in [6.07, 6.45) is 0.903. The van der Waals surface area contributed by atoms with Crippen LogP contribution in [0.4, 0.5) is 8.78 Å². The Morgan fingerprint density at radius 2 is 1.74 bits per heavy atom. The lowest BCUT2D eigenvalue weighted by molar-refractivity contribution is -0.143. The number of amides is 1. The minimum absolute atomic E-state index is 0.131. The molecule has 2 aliphatic rings. The zero-order valence-electron chi connectivity index (χ0n) is 18.4. The van der Waals surface area contributed by atoms with E-state index in [1.165, 1.54) is 18.3 Å².